The molecule has 0 unspecified atom stereocenters. The SMILES string of the molecule is O=c1ccc(-c2nc(-c3ccc4c(c3)OCO4)no2)n[nH]1. The first-order valence-corrected chi connectivity index (χ1v) is 6.09. The van der Waals surface area contributed by atoms with Gasteiger partial charge in [0.05, 0.1) is 0 Å². The van der Waals surface area contributed by atoms with Gasteiger partial charge in [-0.3, -0.25) is 4.79 Å². The Morgan fingerprint density at radius 1 is 1.10 bits per heavy atom. The summed E-state index contributed by atoms with van der Waals surface area (Å²) in [4.78, 5) is 15.2. The maximum absolute atomic E-state index is 11.0. The molecule has 3 heterocycles. The average molecular weight is 284 g/mol. The van der Waals surface area contributed by atoms with Gasteiger partial charge in [0.2, 0.25) is 12.6 Å². The van der Waals surface area contributed by atoms with E-state index in [1.807, 2.05) is 6.07 Å². The Morgan fingerprint density at radius 2 is 2.00 bits per heavy atom. The fourth-order valence-corrected chi connectivity index (χ4v) is 1.94. The standard InChI is InChI=1S/C13H8N4O4/c18-11-4-2-8(15-16-11)13-14-12(17-21-13)7-1-3-9-10(5-7)20-6-19-9/h1-5H,6H2,(H,16,18). The molecule has 1 aliphatic heterocycles. The smallest absolute Gasteiger partial charge is 0.278 e. The van der Waals surface area contributed by atoms with Crippen LogP contribution in [0.2, 0.25) is 0 Å². The monoisotopic (exact) mass is 284 g/mol. The van der Waals surface area contributed by atoms with Crippen LogP contribution in [0.4, 0.5) is 0 Å². The lowest BCUT2D eigenvalue weighted by molar-refractivity contribution is 0.174. The number of ether oxygens (including phenoxy) is 2. The first-order chi connectivity index (χ1) is 10.3. The van der Waals surface area contributed by atoms with Crippen LogP contribution in [0, 0.1) is 0 Å². The Morgan fingerprint density at radius 3 is 2.86 bits per heavy atom. The summed E-state index contributed by atoms with van der Waals surface area (Å²) in [5.41, 5.74) is 0.835. The predicted molar refractivity (Wildman–Crippen MR) is 69.7 cm³/mol. The summed E-state index contributed by atoms with van der Waals surface area (Å²) < 4.78 is 15.7. The van der Waals surface area contributed by atoms with Gasteiger partial charge in [-0.2, -0.15) is 10.1 Å². The van der Waals surface area contributed by atoms with Crippen molar-refractivity contribution >= 4 is 0 Å². The number of aromatic amines is 1. The minimum absolute atomic E-state index is 0.206. The van der Waals surface area contributed by atoms with Crippen LogP contribution in [0.25, 0.3) is 23.0 Å². The Hall–Kier alpha value is -3.16. The van der Waals surface area contributed by atoms with Crippen molar-refractivity contribution in [2.24, 2.45) is 0 Å². The van der Waals surface area contributed by atoms with Gasteiger partial charge >= 0.3 is 0 Å². The maximum atomic E-state index is 11.0. The molecule has 1 aromatic carbocycles. The van der Waals surface area contributed by atoms with E-state index in [1.165, 1.54) is 12.1 Å². The van der Waals surface area contributed by atoms with Crippen molar-refractivity contribution < 1.29 is 14.0 Å². The second-order valence-corrected chi connectivity index (χ2v) is 4.30. The average Bonchev–Trinajstić information content (AvgIpc) is 3.16. The molecule has 104 valence electrons. The Balaban J connectivity index is 1.71. The molecule has 0 spiro atoms. The number of hydrogen-bond acceptors (Lipinski definition) is 7. The van der Waals surface area contributed by atoms with Crippen molar-refractivity contribution in [3.63, 3.8) is 0 Å². The molecule has 2 aromatic heterocycles. The number of hydrogen-bond donors (Lipinski definition) is 1. The summed E-state index contributed by atoms with van der Waals surface area (Å²) in [5.74, 6) is 1.95. The van der Waals surface area contributed by atoms with Crippen molar-refractivity contribution in [1.29, 1.82) is 0 Å². The molecule has 0 fully saturated rings. The number of H-pyrrole nitrogens is 1. The Bertz CT molecular complexity index is 850. The lowest BCUT2D eigenvalue weighted by Gasteiger charge is -1.97. The van der Waals surface area contributed by atoms with Gasteiger partial charge in [0, 0.05) is 11.6 Å². The number of benzene rings is 1. The molecular formula is C13H8N4O4. The third kappa shape index (κ3) is 2.02. The zero-order chi connectivity index (χ0) is 14.2. The molecule has 0 aliphatic carbocycles. The van der Waals surface area contributed by atoms with Crippen LogP contribution < -0.4 is 15.0 Å². The minimum atomic E-state index is -0.297. The van der Waals surface area contributed by atoms with Crippen LogP contribution in [-0.4, -0.2) is 27.1 Å². The predicted octanol–water partition coefficient (Wildman–Crippen LogP) is 1.22. The minimum Gasteiger partial charge on any atom is -0.454 e. The highest BCUT2D eigenvalue weighted by atomic mass is 16.7. The van der Waals surface area contributed by atoms with Crippen LogP contribution in [0.3, 0.4) is 0 Å². The first-order valence-electron chi connectivity index (χ1n) is 6.09. The molecule has 0 radical (unpaired) electrons. The molecule has 0 bridgehead atoms. The molecule has 0 amide bonds. The lowest BCUT2D eigenvalue weighted by atomic mass is 10.2. The zero-order valence-electron chi connectivity index (χ0n) is 10.6. The van der Waals surface area contributed by atoms with Crippen molar-refractivity contribution in [3.05, 3.63) is 40.7 Å². The van der Waals surface area contributed by atoms with Crippen LogP contribution in [-0.2, 0) is 0 Å². The van der Waals surface area contributed by atoms with E-state index in [-0.39, 0.29) is 18.2 Å². The van der Waals surface area contributed by atoms with E-state index in [0.29, 0.717) is 23.0 Å². The van der Waals surface area contributed by atoms with E-state index in [4.69, 9.17) is 14.0 Å². The molecule has 8 heteroatoms. The molecule has 21 heavy (non-hydrogen) atoms. The fraction of sp³-hybridized carbons (Fsp3) is 0.0769. The van der Waals surface area contributed by atoms with Gasteiger partial charge in [-0.25, -0.2) is 5.10 Å². The molecule has 8 nitrogen and oxygen atoms in total. The molecule has 4 rings (SSSR count). The van der Waals surface area contributed by atoms with Gasteiger partial charge in [0.15, 0.2) is 11.5 Å². The summed E-state index contributed by atoms with van der Waals surface area (Å²) in [6, 6.07) is 8.22. The van der Waals surface area contributed by atoms with E-state index < -0.39 is 0 Å². The second kappa shape index (κ2) is 4.44. The molecule has 1 aliphatic rings. The van der Waals surface area contributed by atoms with E-state index >= 15 is 0 Å². The highest BCUT2D eigenvalue weighted by Gasteiger charge is 2.17. The number of nitrogens with zero attached hydrogens (tertiary/aromatic N) is 3. The van der Waals surface area contributed by atoms with Gasteiger partial charge in [-0.1, -0.05) is 5.16 Å². The molecule has 1 N–H and O–H groups in total. The quantitative estimate of drug-likeness (QED) is 0.754. The topological polar surface area (TPSA) is 103 Å². The first kappa shape index (κ1) is 11.6. The van der Waals surface area contributed by atoms with Gasteiger partial charge < -0.3 is 14.0 Å². The summed E-state index contributed by atoms with van der Waals surface area (Å²) in [7, 11) is 0. The number of aromatic nitrogens is 4. The fourth-order valence-electron chi connectivity index (χ4n) is 1.94. The summed E-state index contributed by atoms with van der Waals surface area (Å²) in [6.07, 6.45) is 0. The van der Waals surface area contributed by atoms with E-state index in [9.17, 15) is 4.79 Å². The maximum Gasteiger partial charge on any atom is 0.278 e. The second-order valence-electron chi connectivity index (χ2n) is 4.30. The number of fused-ring (bicyclic) bond motifs is 1. The van der Waals surface area contributed by atoms with E-state index in [2.05, 4.69) is 20.3 Å². The van der Waals surface area contributed by atoms with Crippen LogP contribution in [0.1, 0.15) is 0 Å². The molecular weight excluding hydrogens is 276 g/mol. The van der Waals surface area contributed by atoms with Crippen LogP contribution in [0.5, 0.6) is 11.5 Å². The highest BCUT2D eigenvalue weighted by molar-refractivity contribution is 5.62. The van der Waals surface area contributed by atoms with Gasteiger partial charge in [-0.05, 0) is 24.3 Å². The number of rotatable bonds is 2. The largest absolute Gasteiger partial charge is 0.454 e. The molecule has 0 saturated carbocycles. The normalized spacial score (nSPS) is 12.6. The molecule has 0 atom stereocenters. The van der Waals surface area contributed by atoms with Crippen LogP contribution >= 0.6 is 0 Å². The van der Waals surface area contributed by atoms with Gasteiger partial charge in [0.1, 0.15) is 5.69 Å². The Kier molecular flexibility index (Phi) is 2.46. The zero-order valence-corrected chi connectivity index (χ0v) is 10.6. The third-order valence-corrected chi connectivity index (χ3v) is 2.96. The van der Waals surface area contributed by atoms with Gasteiger partial charge in [0.25, 0.3) is 11.4 Å². The van der Waals surface area contributed by atoms with E-state index in [1.54, 1.807) is 12.1 Å². The van der Waals surface area contributed by atoms with E-state index in [0.717, 1.165) is 5.56 Å². The van der Waals surface area contributed by atoms with Crippen LogP contribution in [0.15, 0.2) is 39.6 Å². The number of nitrogens with one attached hydrogen (secondary N) is 1. The van der Waals surface area contributed by atoms with Crippen molar-refractivity contribution in [2.75, 3.05) is 6.79 Å². The molecule has 3 aromatic rings. The molecule has 0 saturated heterocycles. The summed E-state index contributed by atoms with van der Waals surface area (Å²) in [6.45, 7) is 0.206. The van der Waals surface area contributed by atoms with Crippen molar-refractivity contribution in [2.45, 2.75) is 0 Å². The highest BCUT2D eigenvalue weighted by Crippen LogP contribution is 2.35. The summed E-state index contributed by atoms with van der Waals surface area (Å²) in [5, 5.41) is 10.0. The third-order valence-electron chi connectivity index (χ3n) is 2.96. The summed E-state index contributed by atoms with van der Waals surface area (Å²) >= 11 is 0. The van der Waals surface area contributed by atoms with Crippen molar-refractivity contribution in [1.82, 2.24) is 20.3 Å². The van der Waals surface area contributed by atoms with Gasteiger partial charge in [-0.15, -0.1) is 0 Å². The lowest BCUT2D eigenvalue weighted by Crippen LogP contribution is -2.05. The Labute approximate surface area is 117 Å². The van der Waals surface area contributed by atoms with Crippen molar-refractivity contribution in [3.8, 4) is 34.5 Å².